The van der Waals surface area contributed by atoms with Gasteiger partial charge in [-0.2, -0.15) is 0 Å². The summed E-state index contributed by atoms with van der Waals surface area (Å²) in [5, 5.41) is 2.59. The van der Waals surface area contributed by atoms with E-state index in [4.69, 9.17) is 16.3 Å². The summed E-state index contributed by atoms with van der Waals surface area (Å²) in [5.41, 5.74) is 0.140. The molecule has 2 aromatic rings. The minimum absolute atomic E-state index is 0.00279. The quantitative estimate of drug-likeness (QED) is 0.539. The first-order chi connectivity index (χ1) is 14.6. The van der Waals surface area contributed by atoms with Gasteiger partial charge in [0.05, 0.1) is 22.1 Å². The molecule has 0 unspecified atom stereocenters. The van der Waals surface area contributed by atoms with Crippen LogP contribution in [0.15, 0.2) is 47.4 Å². The molecule has 0 fully saturated rings. The molecule has 10 heteroatoms. The van der Waals surface area contributed by atoms with E-state index in [2.05, 4.69) is 5.32 Å². The molecule has 2 amide bonds. The van der Waals surface area contributed by atoms with E-state index in [-0.39, 0.29) is 34.4 Å². The molecule has 168 valence electrons. The van der Waals surface area contributed by atoms with Crippen LogP contribution in [-0.2, 0) is 14.6 Å². The van der Waals surface area contributed by atoms with Gasteiger partial charge in [-0.15, -0.1) is 0 Å². The Morgan fingerprint density at radius 2 is 1.94 bits per heavy atom. The number of sulfone groups is 1. The van der Waals surface area contributed by atoms with Gasteiger partial charge in [0, 0.05) is 32.8 Å². The summed E-state index contributed by atoms with van der Waals surface area (Å²) in [6.45, 7) is 0.859. The second kappa shape index (κ2) is 11.1. The molecule has 0 aliphatic carbocycles. The molecule has 31 heavy (non-hydrogen) atoms. The molecule has 0 heterocycles. The van der Waals surface area contributed by atoms with Crippen LogP contribution in [0.2, 0.25) is 5.02 Å². The highest BCUT2D eigenvalue weighted by Crippen LogP contribution is 2.18. The molecule has 0 aliphatic rings. The highest BCUT2D eigenvalue weighted by Gasteiger charge is 2.13. The lowest BCUT2D eigenvalue weighted by Gasteiger charge is -2.17. The first-order valence-corrected chi connectivity index (χ1v) is 11.7. The number of nitrogens with zero attached hydrogens (tertiary/aromatic N) is 1. The van der Waals surface area contributed by atoms with Crippen LogP contribution in [0.1, 0.15) is 23.2 Å². The average Bonchev–Trinajstić information content (AvgIpc) is 2.70. The van der Waals surface area contributed by atoms with Crippen molar-refractivity contribution in [1.82, 2.24) is 10.2 Å². The van der Waals surface area contributed by atoms with Crippen molar-refractivity contribution in [1.29, 1.82) is 0 Å². The Labute approximate surface area is 186 Å². The van der Waals surface area contributed by atoms with Gasteiger partial charge in [-0.1, -0.05) is 17.7 Å². The lowest BCUT2D eigenvalue weighted by atomic mass is 10.2. The van der Waals surface area contributed by atoms with Crippen LogP contribution in [0, 0.1) is 5.82 Å². The number of hydrogen-bond acceptors (Lipinski definition) is 5. The molecule has 2 aromatic carbocycles. The monoisotopic (exact) mass is 470 g/mol. The molecule has 0 radical (unpaired) electrons. The van der Waals surface area contributed by atoms with Crippen LogP contribution in [0.5, 0.6) is 5.75 Å². The van der Waals surface area contributed by atoms with Gasteiger partial charge < -0.3 is 15.0 Å². The van der Waals surface area contributed by atoms with Gasteiger partial charge in [-0.25, -0.2) is 12.8 Å². The van der Waals surface area contributed by atoms with Gasteiger partial charge in [-0.3, -0.25) is 9.59 Å². The number of hydrogen-bond donors (Lipinski definition) is 1. The van der Waals surface area contributed by atoms with Crippen LogP contribution < -0.4 is 10.1 Å². The zero-order chi connectivity index (χ0) is 23.0. The van der Waals surface area contributed by atoms with E-state index in [9.17, 15) is 22.4 Å². The Kier molecular flexibility index (Phi) is 8.82. The number of nitrogens with one attached hydrogen (secondary N) is 1. The Bertz CT molecular complexity index is 1050. The van der Waals surface area contributed by atoms with E-state index in [1.54, 1.807) is 19.2 Å². The molecule has 0 spiro atoms. The standard InChI is InChI=1S/C21H24ClFN2O5S/c1-25(11-4-12-30-16-5-3-6-17(14-16)31(2,28)29)20(26)9-10-24-21(27)18-8-7-15(23)13-19(18)22/h3,5-8,13-14H,4,9-12H2,1-2H3,(H,24,27). The molecular weight excluding hydrogens is 447 g/mol. The molecule has 0 aromatic heterocycles. The van der Waals surface area contributed by atoms with Gasteiger partial charge in [0.25, 0.3) is 5.91 Å². The summed E-state index contributed by atoms with van der Waals surface area (Å²) in [5.74, 6) is -0.737. The highest BCUT2D eigenvalue weighted by molar-refractivity contribution is 7.90. The number of rotatable bonds is 10. The predicted molar refractivity (Wildman–Crippen MR) is 116 cm³/mol. The minimum Gasteiger partial charge on any atom is -0.493 e. The van der Waals surface area contributed by atoms with Crippen molar-refractivity contribution in [3.8, 4) is 5.75 Å². The molecular formula is C21H24ClFN2O5S. The molecule has 1 N–H and O–H groups in total. The van der Waals surface area contributed by atoms with Crippen molar-refractivity contribution in [3.63, 3.8) is 0 Å². The molecule has 0 bridgehead atoms. The van der Waals surface area contributed by atoms with E-state index in [0.717, 1.165) is 18.4 Å². The Morgan fingerprint density at radius 1 is 1.19 bits per heavy atom. The predicted octanol–water partition coefficient (Wildman–Crippen LogP) is 2.93. The maximum Gasteiger partial charge on any atom is 0.252 e. The first-order valence-electron chi connectivity index (χ1n) is 9.48. The third-order valence-corrected chi connectivity index (χ3v) is 5.79. The third-order valence-electron chi connectivity index (χ3n) is 4.37. The van der Waals surface area contributed by atoms with E-state index in [1.807, 2.05) is 0 Å². The lowest BCUT2D eigenvalue weighted by Crippen LogP contribution is -2.33. The largest absolute Gasteiger partial charge is 0.493 e. The summed E-state index contributed by atoms with van der Waals surface area (Å²) in [4.78, 5) is 25.9. The third kappa shape index (κ3) is 7.84. The summed E-state index contributed by atoms with van der Waals surface area (Å²) >= 11 is 5.84. The molecule has 2 rings (SSSR count). The topological polar surface area (TPSA) is 92.8 Å². The fourth-order valence-corrected chi connectivity index (χ4v) is 3.56. The smallest absolute Gasteiger partial charge is 0.252 e. The van der Waals surface area contributed by atoms with Gasteiger partial charge in [0.1, 0.15) is 11.6 Å². The SMILES string of the molecule is CN(CCCOc1cccc(S(C)(=O)=O)c1)C(=O)CCNC(=O)c1ccc(F)cc1Cl. The minimum atomic E-state index is -3.30. The molecule has 7 nitrogen and oxygen atoms in total. The van der Waals surface area contributed by atoms with Crippen molar-refractivity contribution < 1.29 is 27.1 Å². The number of halogens is 2. The highest BCUT2D eigenvalue weighted by atomic mass is 35.5. The normalized spacial score (nSPS) is 11.1. The van der Waals surface area contributed by atoms with E-state index in [1.165, 1.54) is 23.1 Å². The van der Waals surface area contributed by atoms with Crippen LogP contribution >= 0.6 is 11.6 Å². The van der Waals surface area contributed by atoms with Gasteiger partial charge in [0.2, 0.25) is 5.91 Å². The van der Waals surface area contributed by atoms with Crippen molar-refractivity contribution in [3.05, 3.63) is 58.9 Å². The molecule has 0 atom stereocenters. The fraction of sp³-hybridized carbons (Fsp3) is 0.333. The maximum atomic E-state index is 13.0. The first kappa shape index (κ1) is 24.6. The van der Waals surface area contributed by atoms with Gasteiger partial charge >= 0.3 is 0 Å². The van der Waals surface area contributed by atoms with Crippen LogP contribution in [0.3, 0.4) is 0 Å². The van der Waals surface area contributed by atoms with Crippen molar-refractivity contribution in [2.24, 2.45) is 0 Å². The van der Waals surface area contributed by atoms with Crippen LogP contribution in [0.25, 0.3) is 0 Å². The number of amides is 2. The summed E-state index contributed by atoms with van der Waals surface area (Å²) in [6.07, 6.45) is 1.77. The lowest BCUT2D eigenvalue weighted by molar-refractivity contribution is -0.129. The second-order valence-corrected chi connectivity index (χ2v) is 9.32. The summed E-state index contributed by atoms with van der Waals surface area (Å²) in [7, 11) is -1.66. The maximum absolute atomic E-state index is 13.0. The van der Waals surface area contributed by atoms with Crippen molar-refractivity contribution in [2.75, 3.05) is 33.0 Å². The molecule has 0 saturated carbocycles. The molecule has 0 saturated heterocycles. The van der Waals surface area contributed by atoms with E-state index in [0.29, 0.717) is 25.3 Å². The van der Waals surface area contributed by atoms with Gasteiger partial charge in [-0.05, 0) is 42.8 Å². The summed E-state index contributed by atoms with van der Waals surface area (Å²) < 4.78 is 41.7. The number of carbonyl (C=O) groups excluding carboxylic acids is 2. The Morgan fingerprint density at radius 3 is 2.61 bits per heavy atom. The average molecular weight is 471 g/mol. The zero-order valence-corrected chi connectivity index (χ0v) is 18.8. The van der Waals surface area contributed by atoms with Crippen molar-refractivity contribution in [2.45, 2.75) is 17.7 Å². The Balaban J connectivity index is 1.70. The van der Waals surface area contributed by atoms with Crippen LogP contribution in [0.4, 0.5) is 4.39 Å². The molecule has 0 aliphatic heterocycles. The number of carbonyl (C=O) groups is 2. The second-order valence-electron chi connectivity index (χ2n) is 6.89. The fourth-order valence-electron chi connectivity index (χ4n) is 2.65. The summed E-state index contributed by atoms with van der Waals surface area (Å²) in [6, 6.07) is 9.70. The number of benzene rings is 2. The van der Waals surface area contributed by atoms with Crippen molar-refractivity contribution >= 4 is 33.3 Å². The Hall–Kier alpha value is -2.65. The van der Waals surface area contributed by atoms with Crippen LogP contribution in [-0.4, -0.2) is 58.1 Å². The van der Waals surface area contributed by atoms with Gasteiger partial charge in [0.15, 0.2) is 9.84 Å². The van der Waals surface area contributed by atoms with E-state index < -0.39 is 21.6 Å². The van der Waals surface area contributed by atoms with E-state index >= 15 is 0 Å². The zero-order valence-electron chi connectivity index (χ0n) is 17.2. The number of ether oxygens (including phenoxy) is 1.